The van der Waals surface area contributed by atoms with Crippen molar-refractivity contribution >= 4 is 11.9 Å². The lowest BCUT2D eigenvalue weighted by molar-refractivity contribution is -0.132. The maximum atomic E-state index is 12.5. The van der Waals surface area contributed by atoms with Gasteiger partial charge in [-0.1, -0.05) is 12.1 Å². The van der Waals surface area contributed by atoms with Crippen LogP contribution in [-0.2, 0) is 11.2 Å². The van der Waals surface area contributed by atoms with Gasteiger partial charge in [0, 0.05) is 37.8 Å². The number of carbonyl (C=O) groups is 2. The summed E-state index contributed by atoms with van der Waals surface area (Å²) < 4.78 is 0. The molecule has 1 aromatic heterocycles. The van der Waals surface area contributed by atoms with Crippen molar-refractivity contribution in [2.45, 2.75) is 31.6 Å². The Morgan fingerprint density at radius 1 is 1.12 bits per heavy atom. The number of benzene rings is 1. The van der Waals surface area contributed by atoms with E-state index in [2.05, 4.69) is 4.98 Å². The van der Waals surface area contributed by atoms with E-state index in [0.29, 0.717) is 18.5 Å². The molecule has 25 heavy (non-hydrogen) atoms. The molecule has 0 radical (unpaired) electrons. The summed E-state index contributed by atoms with van der Waals surface area (Å²) in [6.45, 7) is 1.51. The highest BCUT2D eigenvalue weighted by molar-refractivity contribution is 5.87. The maximum absolute atomic E-state index is 12.5. The number of amides is 1. The van der Waals surface area contributed by atoms with Crippen LogP contribution in [-0.4, -0.2) is 40.0 Å². The molecule has 5 nitrogen and oxygen atoms in total. The number of likely N-dealkylation sites (tertiary alicyclic amines) is 1. The molecule has 1 aliphatic rings. The molecule has 2 aromatic rings. The van der Waals surface area contributed by atoms with Gasteiger partial charge >= 0.3 is 5.97 Å². The van der Waals surface area contributed by atoms with Crippen molar-refractivity contribution < 1.29 is 14.7 Å². The van der Waals surface area contributed by atoms with Crippen LogP contribution in [0.25, 0.3) is 0 Å². The SMILES string of the molecule is O=C(O)c1ccc([C@H]2CCCN(C(=O)CCc3ccncc3)C2)cc1. The van der Waals surface area contributed by atoms with E-state index in [1.54, 1.807) is 24.5 Å². The Balaban J connectivity index is 1.58. The van der Waals surface area contributed by atoms with E-state index in [1.807, 2.05) is 29.2 Å². The number of nitrogens with zero attached hydrogens (tertiary/aromatic N) is 2. The van der Waals surface area contributed by atoms with E-state index in [4.69, 9.17) is 5.11 Å². The van der Waals surface area contributed by atoms with Gasteiger partial charge in [0.05, 0.1) is 5.56 Å². The fraction of sp³-hybridized carbons (Fsp3) is 0.350. The van der Waals surface area contributed by atoms with Crippen molar-refractivity contribution in [2.75, 3.05) is 13.1 Å². The molecule has 2 heterocycles. The van der Waals surface area contributed by atoms with Gasteiger partial charge in [0.15, 0.2) is 0 Å². The zero-order valence-corrected chi connectivity index (χ0v) is 14.1. The number of piperidine rings is 1. The minimum absolute atomic E-state index is 0.184. The Labute approximate surface area is 147 Å². The second-order valence-electron chi connectivity index (χ2n) is 6.46. The molecule has 0 bridgehead atoms. The van der Waals surface area contributed by atoms with Crippen LogP contribution in [0.4, 0.5) is 0 Å². The van der Waals surface area contributed by atoms with Crippen molar-refractivity contribution in [2.24, 2.45) is 0 Å². The summed E-state index contributed by atoms with van der Waals surface area (Å²) in [5.41, 5.74) is 2.53. The monoisotopic (exact) mass is 338 g/mol. The lowest BCUT2D eigenvalue weighted by atomic mass is 9.90. The van der Waals surface area contributed by atoms with Crippen LogP contribution in [0.2, 0.25) is 0 Å². The normalized spacial score (nSPS) is 17.3. The fourth-order valence-electron chi connectivity index (χ4n) is 3.33. The van der Waals surface area contributed by atoms with Crippen LogP contribution in [0.5, 0.6) is 0 Å². The third-order valence-corrected chi connectivity index (χ3v) is 4.78. The third kappa shape index (κ3) is 4.44. The first-order valence-corrected chi connectivity index (χ1v) is 8.63. The predicted molar refractivity (Wildman–Crippen MR) is 94.5 cm³/mol. The second kappa shape index (κ2) is 7.92. The molecular weight excluding hydrogens is 316 g/mol. The number of hydrogen-bond donors (Lipinski definition) is 1. The first-order chi connectivity index (χ1) is 12.1. The van der Waals surface area contributed by atoms with Crippen LogP contribution in [0.15, 0.2) is 48.8 Å². The highest BCUT2D eigenvalue weighted by atomic mass is 16.4. The maximum Gasteiger partial charge on any atom is 0.335 e. The molecular formula is C20H22N2O3. The smallest absolute Gasteiger partial charge is 0.335 e. The molecule has 130 valence electrons. The van der Waals surface area contributed by atoms with Gasteiger partial charge in [-0.3, -0.25) is 9.78 Å². The highest BCUT2D eigenvalue weighted by Crippen LogP contribution is 2.27. The molecule has 0 saturated carbocycles. The number of carboxylic acids is 1. The molecule has 1 aromatic carbocycles. The van der Waals surface area contributed by atoms with Gasteiger partial charge in [-0.05, 0) is 54.7 Å². The molecule has 1 amide bonds. The Morgan fingerprint density at radius 3 is 2.52 bits per heavy atom. The molecule has 1 atom stereocenters. The Kier molecular flexibility index (Phi) is 5.43. The molecule has 0 spiro atoms. The second-order valence-corrected chi connectivity index (χ2v) is 6.46. The number of pyridine rings is 1. The number of rotatable bonds is 5. The molecule has 3 rings (SSSR count). The van der Waals surface area contributed by atoms with Crippen LogP contribution in [0, 0.1) is 0 Å². The van der Waals surface area contributed by atoms with Crippen molar-refractivity contribution in [3.05, 3.63) is 65.5 Å². The summed E-state index contributed by atoms with van der Waals surface area (Å²) in [4.78, 5) is 29.4. The van der Waals surface area contributed by atoms with Gasteiger partial charge in [-0.15, -0.1) is 0 Å². The first-order valence-electron chi connectivity index (χ1n) is 8.63. The largest absolute Gasteiger partial charge is 0.478 e. The molecule has 1 N–H and O–H groups in total. The van der Waals surface area contributed by atoms with E-state index in [-0.39, 0.29) is 11.8 Å². The molecule has 0 aliphatic carbocycles. The minimum Gasteiger partial charge on any atom is -0.478 e. The molecule has 1 aliphatic heterocycles. The molecule has 0 unspecified atom stereocenters. The fourth-order valence-corrected chi connectivity index (χ4v) is 3.33. The van der Waals surface area contributed by atoms with Gasteiger partial charge in [-0.25, -0.2) is 4.79 Å². The van der Waals surface area contributed by atoms with E-state index >= 15 is 0 Å². The summed E-state index contributed by atoms with van der Waals surface area (Å²) in [5.74, 6) is -0.451. The molecule has 1 fully saturated rings. The van der Waals surface area contributed by atoms with E-state index in [0.717, 1.165) is 36.9 Å². The number of hydrogen-bond acceptors (Lipinski definition) is 3. The zero-order valence-electron chi connectivity index (χ0n) is 14.1. The lowest BCUT2D eigenvalue weighted by Crippen LogP contribution is -2.39. The summed E-state index contributed by atoms with van der Waals surface area (Å²) in [6, 6.07) is 10.9. The van der Waals surface area contributed by atoms with E-state index in [9.17, 15) is 9.59 Å². The van der Waals surface area contributed by atoms with E-state index in [1.165, 1.54) is 0 Å². The van der Waals surface area contributed by atoms with Gasteiger partial charge in [-0.2, -0.15) is 0 Å². The Bertz CT molecular complexity index is 728. The quantitative estimate of drug-likeness (QED) is 0.909. The number of carboxylic acid groups (broad SMARTS) is 1. The molecule has 5 heteroatoms. The summed E-state index contributed by atoms with van der Waals surface area (Å²) in [7, 11) is 0. The van der Waals surface area contributed by atoms with Gasteiger partial charge in [0.2, 0.25) is 5.91 Å². The average molecular weight is 338 g/mol. The first kappa shape index (κ1) is 17.1. The van der Waals surface area contributed by atoms with Crippen molar-refractivity contribution in [3.8, 4) is 0 Å². The van der Waals surface area contributed by atoms with Gasteiger partial charge in [0.25, 0.3) is 0 Å². The Hall–Kier alpha value is -2.69. The summed E-state index contributed by atoms with van der Waals surface area (Å²) >= 11 is 0. The summed E-state index contributed by atoms with van der Waals surface area (Å²) in [6.07, 6.45) is 6.74. The van der Waals surface area contributed by atoms with Crippen LogP contribution in [0.3, 0.4) is 0 Å². The van der Waals surface area contributed by atoms with Crippen LogP contribution >= 0.6 is 0 Å². The summed E-state index contributed by atoms with van der Waals surface area (Å²) in [5, 5.41) is 9.00. The van der Waals surface area contributed by atoms with Gasteiger partial charge < -0.3 is 10.0 Å². The third-order valence-electron chi connectivity index (χ3n) is 4.78. The average Bonchev–Trinajstić information content (AvgIpc) is 2.67. The Morgan fingerprint density at radius 2 is 1.84 bits per heavy atom. The van der Waals surface area contributed by atoms with Crippen molar-refractivity contribution in [1.29, 1.82) is 0 Å². The number of aromatic carboxylic acids is 1. The number of aromatic nitrogens is 1. The lowest BCUT2D eigenvalue weighted by Gasteiger charge is -2.33. The topological polar surface area (TPSA) is 70.5 Å². The predicted octanol–water partition coefficient (Wildman–Crippen LogP) is 3.12. The van der Waals surface area contributed by atoms with E-state index < -0.39 is 5.97 Å². The van der Waals surface area contributed by atoms with Crippen LogP contribution in [0.1, 0.15) is 46.7 Å². The zero-order chi connectivity index (χ0) is 17.6. The molecule has 1 saturated heterocycles. The minimum atomic E-state index is -0.914. The highest BCUT2D eigenvalue weighted by Gasteiger charge is 2.24. The standard InChI is InChI=1S/C20H22N2O3/c23-19(8-3-15-9-11-21-12-10-15)22-13-1-2-18(14-22)16-4-6-17(7-5-16)20(24)25/h4-7,9-12,18H,1-3,8,13-14H2,(H,24,25)/t18-/m0/s1. The van der Waals surface area contributed by atoms with Crippen LogP contribution < -0.4 is 0 Å². The number of aryl methyl sites for hydroxylation is 1. The van der Waals surface area contributed by atoms with Gasteiger partial charge in [0.1, 0.15) is 0 Å². The van der Waals surface area contributed by atoms with Crippen molar-refractivity contribution in [1.82, 2.24) is 9.88 Å². The number of carbonyl (C=O) groups excluding carboxylic acids is 1. The van der Waals surface area contributed by atoms with Crippen molar-refractivity contribution in [3.63, 3.8) is 0 Å².